The second-order valence-corrected chi connectivity index (χ2v) is 11.4. The van der Waals surface area contributed by atoms with Crippen molar-refractivity contribution in [1.29, 1.82) is 0 Å². The average Bonchev–Trinajstić information content (AvgIpc) is 2.91. The van der Waals surface area contributed by atoms with Gasteiger partial charge in [-0.25, -0.2) is 14.8 Å². The van der Waals surface area contributed by atoms with Crippen molar-refractivity contribution in [3.63, 3.8) is 0 Å². The van der Waals surface area contributed by atoms with Crippen molar-refractivity contribution in [2.24, 2.45) is 0 Å². The summed E-state index contributed by atoms with van der Waals surface area (Å²) in [6, 6.07) is 14.4. The SMILES string of the molecule is CC(C)(C)OC(=O)N1CCC(c2ccc(Nc3ncc(C(F)(F)F)c(CCc4ccccc4CC(=O)O)n3)cc2)CC1.[H-].[Li+]. The van der Waals surface area contributed by atoms with Crippen molar-refractivity contribution in [2.45, 2.75) is 70.6 Å². The summed E-state index contributed by atoms with van der Waals surface area (Å²) in [5.41, 5.74) is 1.33. The Balaban J connectivity index is 0.00000337. The molecule has 0 radical (unpaired) electrons. The van der Waals surface area contributed by atoms with Crippen LogP contribution in [0.5, 0.6) is 0 Å². The van der Waals surface area contributed by atoms with Gasteiger partial charge in [-0.15, -0.1) is 0 Å². The molecule has 0 unspecified atom stereocenters. The summed E-state index contributed by atoms with van der Waals surface area (Å²) in [6.45, 7) is 6.72. The van der Waals surface area contributed by atoms with Crippen molar-refractivity contribution in [1.82, 2.24) is 14.9 Å². The summed E-state index contributed by atoms with van der Waals surface area (Å²) < 4.78 is 46.7. The van der Waals surface area contributed by atoms with E-state index >= 15 is 0 Å². The van der Waals surface area contributed by atoms with Gasteiger partial charge in [0.25, 0.3) is 0 Å². The number of carbonyl (C=O) groups is 2. The maximum absolute atomic E-state index is 13.7. The van der Waals surface area contributed by atoms with E-state index in [9.17, 15) is 22.8 Å². The number of aryl methyl sites for hydroxylation is 2. The fraction of sp³-hybridized carbons (Fsp3) is 0.419. The number of carbonyl (C=O) groups excluding carboxylic acids is 1. The average molecular weight is 593 g/mol. The number of nitrogens with one attached hydrogen (secondary N) is 1. The second kappa shape index (κ2) is 14.3. The van der Waals surface area contributed by atoms with E-state index in [0.717, 1.165) is 24.6 Å². The van der Waals surface area contributed by atoms with Gasteiger partial charge in [-0.05, 0) is 81.2 Å². The molecule has 1 aromatic heterocycles. The molecule has 1 saturated heterocycles. The number of nitrogens with zero attached hydrogens (tertiary/aromatic N) is 3. The zero-order valence-electron chi connectivity index (χ0n) is 25.9. The quantitative estimate of drug-likeness (QED) is 0.383. The van der Waals surface area contributed by atoms with Crippen LogP contribution in [0.4, 0.5) is 29.6 Å². The van der Waals surface area contributed by atoms with Crippen LogP contribution in [0.1, 0.15) is 68.9 Å². The van der Waals surface area contributed by atoms with E-state index < -0.39 is 23.3 Å². The fourth-order valence-corrected chi connectivity index (χ4v) is 4.98. The number of likely N-dealkylation sites (tertiary alicyclic amines) is 1. The smallest absolute Gasteiger partial charge is 1.00 e. The van der Waals surface area contributed by atoms with Crippen LogP contribution in [-0.4, -0.2) is 50.7 Å². The Bertz CT molecular complexity index is 1410. The monoisotopic (exact) mass is 592 g/mol. The maximum Gasteiger partial charge on any atom is 1.00 e. The molecule has 8 nitrogen and oxygen atoms in total. The molecular formula is C31H36F3LiN4O4. The van der Waals surface area contributed by atoms with Crippen molar-refractivity contribution >= 4 is 23.7 Å². The van der Waals surface area contributed by atoms with Crippen LogP contribution in [0.2, 0.25) is 0 Å². The van der Waals surface area contributed by atoms with Gasteiger partial charge < -0.3 is 21.5 Å². The van der Waals surface area contributed by atoms with Gasteiger partial charge in [-0.2, -0.15) is 13.2 Å². The first-order chi connectivity index (χ1) is 19.8. The molecule has 1 aliphatic rings. The van der Waals surface area contributed by atoms with Gasteiger partial charge in [-0.3, -0.25) is 4.79 Å². The second-order valence-electron chi connectivity index (χ2n) is 11.4. The summed E-state index contributed by atoms with van der Waals surface area (Å²) in [6.07, 6.45) is -2.61. The standard InChI is InChI=1S/C31H35F3N4O4.Li.H/c1-30(2,3)42-29(41)38-16-14-22(15-17-38)21-8-11-24(12-9-21)36-28-35-19-25(31(32,33)34)26(37-28)13-10-20-6-4-5-7-23(20)18-27(39)40;;/h4-9,11-12,19,22H,10,13-18H2,1-3H3,(H,39,40)(H,35,36,37);;/q;+1;-1. The normalized spacial score (nSPS) is 14.1. The molecule has 1 fully saturated rings. The summed E-state index contributed by atoms with van der Waals surface area (Å²) in [7, 11) is 0. The van der Waals surface area contributed by atoms with Gasteiger partial charge in [-0.1, -0.05) is 36.4 Å². The number of piperidine rings is 1. The molecule has 2 aromatic carbocycles. The number of alkyl halides is 3. The first kappa shape index (κ1) is 33.9. The number of aliphatic carboxylic acids is 1. The Morgan fingerprint density at radius 1 is 1.02 bits per heavy atom. The zero-order valence-corrected chi connectivity index (χ0v) is 24.9. The minimum atomic E-state index is -4.63. The van der Waals surface area contributed by atoms with Crippen LogP contribution in [0.3, 0.4) is 0 Å². The van der Waals surface area contributed by atoms with Crippen molar-refractivity contribution in [3.8, 4) is 0 Å². The van der Waals surface area contributed by atoms with Crippen LogP contribution < -0.4 is 24.2 Å². The summed E-state index contributed by atoms with van der Waals surface area (Å²) in [5.74, 6) is -0.699. The maximum atomic E-state index is 13.7. The van der Waals surface area contributed by atoms with Crippen LogP contribution in [0.15, 0.2) is 54.7 Å². The Morgan fingerprint density at radius 2 is 1.65 bits per heavy atom. The molecule has 0 spiro atoms. The number of aromatic nitrogens is 2. The number of hydrogen-bond acceptors (Lipinski definition) is 6. The van der Waals surface area contributed by atoms with Crippen molar-refractivity contribution in [3.05, 3.63) is 82.7 Å². The first-order valence-corrected chi connectivity index (χ1v) is 13.8. The minimum absolute atomic E-state index is 0. The molecule has 2 N–H and O–H groups in total. The summed E-state index contributed by atoms with van der Waals surface area (Å²) in [5, 5.41) is 12.2. The number of benzene rings is 2. The third kappa shape index (κ3) is 9.73. The number of amides is 1. The Labute approximate surface area is 262 Å². The van der Waals surface area contributed by atoms with Crippen LogP contribution in [-0.2, 0) is 35.0 Å². The van der Waals surface area contributed by atoms with E-state index in [4.69, 9.17) is 9.84 Å². The summed E-state index contributed by atoms with van der Waals surface area (Å²) >= 11 is 0. The molecule has 0 bridgehead atoms. The number of carboxylic acids is 1. The predicted molar refractivity (Wildman–Crippen MR) is 153 cm³/mol. The van der Waals surface area contributed by atoms with Crippen LogP contribution >= 0.6 is 0 Å². The van der Waals surface area contributed by atoms with Gasteiger partial charge in [0.15, 0.2) is 0 Å². The molecule has 0 aliphatic carbocycles. The number of ether oxygens (including phenoxy) is 1. The van der Waals surface area contributed by atoms with E-state index in [1.807, 2.05) is 45.0 Å². The van der Waals surface area contributed by atoms with Crippen molar-refractivity contribution < 1.29 is 52.9 Å². The molecule has 0 atom stereocenters. The number of hydrogen-bond donors (Lipinski definition) is 2. The van der Waals surface area contributed by atoms with E-state index in [2.05, 4.69) is 15.3 Å². The third-order valence-electron chi connectivity index (χ3n) is 7.05. The van der Waals surface area contributed by atoms with Gasteiger partial charge in [0.1, 0.15) is 5.60 Å². The first-order valence-electron chi connectivity index (χ1n) is 13.8. The number of anilines is 2. The molecule has 3 aromatic rings. The Hall–Kier alpha value is -3.55. The zero-order chi connectivity index (χ0) is 30.5. The molecule has 12 heteroatoms. The van der Waals surface area contributed by atoms with Gasteiger partial charge in [0.2, 0.25) is 5.95 Å². The van der Waals surface area contributed by atoms with E-state index in [1.54, 1.807) is 29.2 Å². The van der Waals surface area contributed by atoms with E-state index in [-0.39, 0.29) is 63.2 Å². The molecule has 43 heavy (non-hydrogen) atoms. The van der Waals surface area contributed by atoms with Gasteiger partial charge in [0, 0.05) is 25.0 Å². The van der Waals surface area contributed by atoms with Crippen LogP contribution in [0.25, 0.3) is 0 Å². The number of halogens is 3. The molecular weight excluding hydrogens is 556 g/mol. The Kier molecular flexibility index (Phi) is 11.3. The van der Waals surface area contributed by atoms with E-state index in [1.165, 1.54) is 0 Å². The fourth-order valence-electron chi connectivity index (χ4n) is 4.98. The van der Waals surface area contributed by atoms with Gasteiger partial charge in [0.05, 0.1) is 17.7 Å². The predicted octanol–water partition coefficient (Wildman–Crippen LogP) is 3.88. The van der Waals surface area contributed by atoms with Crippen LogP contribution in [0, 0.1) is 0 Å². The number of carboxylic acid groups (broad SMARTS) is 1. The number of rotatable bonds is 8. The Morgan fingerprint density at radius 3 is 2.23 bits per heavy atom. The minimum Gasteiger partial charge on any atom is -1.00 e. The van der Waals surface area contributed by atoms with E-state index in [0.29, 0.717) is 29.9 Å². The molecule has 226 valence electrons. The molecule has 1 aliphatic heterocycles. The van der Waals surface area contributed by atoms with Crippen molar-refractivity contribution in [2.75, 3.05) is 18.4 Å². The summed E-state index contributed by atoms with van der Waals surface area (Å²) in [4.78, 5) is 33.4. The third-order valence-corrected chi connectivity index (χ3v) is 7.05. The topological polar surface area (TPSA) is 105 Å². The largest absolute Gasteiger partial charge is 1.00 e. The molecule has 0 saturated carbocycles. The molecule has 2 heterocycles. The molecule has 1 amide bonds. The van der Waals surface area contributed by atoms with Gasteiger partial charge >= 0.3 is 37.1 Å². The molecule has 4 rings (SSSR count).